The molecular formula is C18H18O7. The first-order valence-corrected chi connectivity index (χ1v) is 7.52. The number of aromatic hydroxyl groups is 1. The predicted octanol–water partition coefficient (Wildman–Crippen LogP) is 2.26. The summed E-state index contributed by atoms with van der Waals surface area (Å²) in [7, 11) is 1.43. The number of rotatable bonds is 7. The molecule has 0 aliphatic carbocycles. The maximum Gasteiger partial charge on any atom is 0.331 e. The van der Waals surface area contributed by atoms with Crippen LogP contribution in [0.4, 0.5) is 0 Å². The van der Waals surface area contributed by atoms with Crippen molar-refractivity contribution >= 4 is 29.3 Å². The molecule has 0 saturated carbocycles. The molecule has 0 saturated heterocycles. The second-order valence-electron chi connectivity index (χ2n) is 5.45. The Morgan fingerprint density at radius 3 is 2.44 bits per heavy atom. The van der Waals surface area contributed by atoms with Gasteiger partial charge in [-0.05, 0) is 19.9 Å². The number of methoxy groups -OCH3 is 1. The summed E-state index contributed by atoms with van der Waals surface area (Å²) in [4.78, 5) is 34.4. The average Bonchev–Trinajstić information content (AvgIpc) is 2.64. The highest BCUT2D eigenvalue weighted by molar-refractivity contribution is 6.09. The lowest BCUT2D eigenvalue weighted by Gasteiger charge is -2.18. The molecule has 132 valence electrons. The zero-order valence-electron chi connectivity index (χ0n) is 14.1. The Labute approximate surface area is 144 Å². The summed E-state index contributed by atoms with van der Waals surface area (Å²) in [5.74, 6) is -0.724. The summed E-state index contributed by atoms with van der Waals surface area (Å²) in [5, 5.41) is 11.0. The van der Waals surface area contributed by atoms with Crippen LogP contribution in [-0.2, 0) is 14.4 Å². The van der Waals surface area contributed by atoms with E-state index in [0.29, 0.717) is 16.5 Å². The Hall–Kier alpha value is -3.09. The monoisotopic (exact) mass is 346 g/mol. The minimum Gasteiger partial charge on any atom is -0.504 e. The van der Waals surface area contributed by atoms with Crippen LogP contribution in [-0.4, -0.2) is 37.4 Å². The number of fused-ring (bicyclic) bond motifs is 1. The van der Waals surface area contributed by atoms with Crippen LogP contribution in [0.15, 0.2) is 24.3 Å². The largest absolute Gasteiger partial charge is 0.504 e. The van der Waals surface area contributed by atoms with E-state index >= 15 is 0 Å². The smallest absolute Gasteiger partial charge is 0.331 e. The van der Waals surface area contributed by atoms with E-state index in [1.807, 2.05) is 0 Å². The Bertz CT molecular complexity index is 818. The molecule has 0 bridgehead atoms. The molecular weight excluding hydrogens is 328 g/mol. The van der Waals surface area contributed by atoms with Gasteiger partial charge in [0.05, 0.1) is 19.1 Å². The van der Waals surface area contributed by atoms with Gasteiger partial charge in [-0.2, -0.15) is 0 Å². The van der Waals surface area contributed by atoms with Crippen molar-refractivity contribution in [2.24, 2.45) is 5.41 Å². The van der Waals surface area contributed by atoms with Crippen LogP contribution >= 0.6 is 0 Å². The SMILES string of the molecule is CCOc1cc(OC(=O)C(C)(C=O)C=O)c2c(OC)cccc2c1O. The summed E-state index contributed by atoms with van der Waals surface area (Å²) in [5.41, 5.74) is -1.93. The molecule has 1 N–H and O–H groups in total. The molecule has 0 unspecified atom stereocenters. The highest BCUT2D eigenvalue weighted by atomic mass is 16.5. The first-order valence-electron chi connectivity index (χ1n) is 7.52. The number of esters is 1. The third-order valence-electron chi connectivity index (χ3n) is 3.68. The number of carbonyl (C=O) groups is 3. The van der Waals surface area contributed by atoms with E-state index in [4.69, 9.17) is 14.2 Å². The van der Waals surface area contributed by atoms with Crippen LogP contribution in [0.1, 0.15) is 13.8 Å². The third-order valence-corrected chi connectivity index (χ3v) is 3.68. The van der Waals surface area contributed by atoms with E-state index in [2.05, 4.69) is 0 Å². The van der Waals surface area contributed by atoms with Crippen molar-refractivity contribution in [3.05, 3.63) is 24.3 Å². The molecule has 0 spiro atoms. The van der Waals surface area contributed by atoms with Gasteiger partial charge in [0.25, 0.3) is 0 Å². The minimum atomic E-state index is -1.93. The fourth-order valence-electron chi connectivity index (χ4n) is 2.22. The molecule has 7 nitrogen and oxygen atoms in total. The van der Waals surface area contributed by atoms with Crippen LogP contribution in [0.25, 0.3) is 10.8 Å². The Morgan fingerprint density at radius 1 is 1.20 bits per heavy atom. The van der Waals surface area contributed by atoms with Crippen molar-refractivity contribution in [1.82, 2.24) is 0 Å². The number of hydrogen-bond acceptors (Lipinski definition) is 7. The molecule has 0 aliphatic rings. The minimum absolute atomic E-state index is 0.00799. The number of phenols is 1. The summed E-state index contributed by atoms with van der Waals surface area (Å²) < 4.78 is 15.9. The van der Waals surface area contributed by atoms with Gasteiger partial charge in [-0.3, -0.25) is 4.79 Å². The molecule has 2 aromatic carbocycles. The number of hydrogen-bond donors (Lipinski definition) is 1. The quantitative estimate of drug-likeness (QED) is 0.355. The molecule has 2 aromatic rings. The van der Waals surface area contributed by atoms with Gasteiger partial charge in [0.1, 0.15) is 24.1 Å². The second kappa shape index (κ2) is 7.21. The van der Waals surface area contributed by atoms with E-state index in [9.17, 15) is 19.5 Å². The molecule has 0 amide bonds. The van der Waals surface area contributed by atoms with Gasteiger partial charge in [-0.1, -0.05) is 12.1 Å². The molecule has 0 fully saturated rings. The van der Waals surface area contributed by atoms with Crippen molar-refractivity contribution < 1.29 is 33.7 Å². The highest BCUT2D eigenvalue weighted by Crippen LogP contribution is 2.45. The first kappa shape index (κ1) is 18.3. The molecule has 0 atom stereocenters. The Balaban J connectivity index is 2.68. The fourth-order valence-corrected chi connectivity index (χ4v) is 2.22. The van der Waals surface area contributed by atoms with Crippen LogP contribution < -0.4 is 14.2 Å². The summed E-state index contributed by atoms with van der Waals surface area (Å²) >= 11 is 0. The standard InChI is InChI=1S/C18H18O7/c1-4-24-14-8-13(25-17(22)18(2,9-19)10-20)15-11(16(14)21)6-5-7-12(15)23-3/h5-10,21H,4H2,1-3H3. The van der Waals surface area contributed by atoms with Crippen LogP contribution in [0.3, 0.4) is 0 Å². The number of ether oxygens (including phenoxy) is 3. The molecule has 25 heavy (non-hydrogen) atoms. The lowest BCUT2D eigenvalue weighted by Crippen LogP contribution is -2.35. The molecule has 0 aromatic heterocycles. The number of benzene rings is 2. The van der Waals surface area contributed by atoms with Crippen molar-refractivity contribution in [3.8, 4) is 23.0 Å². The predicted molar refractivity (Wildman–Crippen MR) is 89.2 cm³/mol. The fraction of sp³-hybridized carbons (Fsp3) is 0.278. The molecule has 0 radical (unpaired) electrons. The number of phenolic OH excluding ortho intramolecular Hbond substituents is 1. The van der Waals surface area contributed by atoms with E-state index in [0.717, 1.165) is 6.92 Å². The van der Waals surface area contributed by atoms with Crippen molar-refractivity contribution in [2.45, 2.75) is 13.8 Å². The highest BCUT2D eigenvalue weighted by Gasteiger charge is 2.35. The first-order chi connectivity index (χ1) is 11.9. The number of carbonyl (C=O) groups excluding carboxylic acids is 3. The lowest BCUT2D eigenvalue weighted by atomic mass is 9.95. The zero-order valence-corrected chi connectivity index (χ0v) is 14.1. The van der Waals surface area contributed by atoms with E-state index in [1.54, 1.807) is 25.1 Å². The normalized spacial score (nSPS) is 11.0. The van der Waals surface area contributed by atoms with Crippen molar-refractivity contribution in [3.63, 3.8) is 0 Å². The van der Waals surface area contributed by atoms with E-state index in [1.165, 1.54) is 13.2 Å². The molecule has 0 heterocycles. The van der Waals surface area contributed by atoms with Gasteiger partial charge < -0.3 is 28.9 Å². The van der Waals surface area contributed by atoms with Crippen molar-refractivity contribution in [2.75, 3.05) is 13.7 Å². The van der Waals surface area contributed by atoms with Gasteiger partial charge in [0.15, 0.2) is 16.9 Å². The van der Waals surface area contributed by atoms with Gasteiger partial charge >= 0.3 is 5.97 Å². The van der Waals surface area contributed by atoms with E-state index < -0.39 is 11.4 Å². The Kier molecular flexibility index (Phi) is 5.26. The van der Waals surface area contributed by atoms with Gasteiger partial charge in [0, 0.05) is 11.5 Å². The summed E-state index contributed by atoms with van der Waals surface area (Å²) in [6, 6.07) is 6.20. The number of aldehydes is 2. The topological polar surface area (TPSA) is 99.1 Å². The third kappa shape index (κ3) is 3.26. The van der Waals surface area contributed by atoms with Gasteiger partial charge in [-0.25, -0.2) is 0 Å². The maximum atomic E-state index is 12.3. The lowest BCUT2D eigenvalue weighted by molar-refractivity contribution is -0.149. The summed E-state index contributed by atoms with van der Waals surface area (Å²) in [6.45, 7) is 3.16. The molecule has 7 heteroatoms. The van der Waals surface area contributed by atoms with Crippen LogP contribution in [0.5, 0.6) is 23.0 Å². The molecule has 0 aliphatic heterocycles. The van der Waals surface area contributed by atoms with Gasteiger partial charge in [-0.15, -0.1) is 0 Å². The van der Waals surface area contributed by atoms with Crippen LogP contribution in [0, 0.1) is 5.41 Å². The van der Waals surface area contributed by atoms with Gasteiger partial charge in [0.2, 0.25) is 0 Å². The maximum absolute atomic E-state index is 12.3. The molecule has 2 rings (SSSR count). The van der Waals surface area contributed by atoms with Crippen molar-refractivity contribution in [1.29, 1.82) is 0 Å². The zero-order chi connectivity index (χ0) is 18.6. The van der Waals surface area contributed by atoms with Crippen LogP contribution in [0.2, 0.25) is 0 Å². The average molecular weight is 346 g/mol. The summed E-state index contributed by atoms with van der Waals surface area (Å²) in [6.07, 6.45) is 0.428. The van der Waals surface area contributed by atoms with E-state index in [-0.39, 0.29) is 36.4 Å². The Morgan fingerprint density at radius 2 is 1.88 bits per heavy atom. The second-order valence-corrected chi connectivity index (χ2v) is 5.45.